The summed E-state index contributed by atoms with van der Waals surface area (Å²) >= 11 is 25.7. The number of hydrogen-bond donors (Lipinski definition) is 0. The lowest BCUT2D eigenvalue weighted by atomic mass is 9.84. The highest BCUT2D eigenvalue weighted by atomic mass is 35.5. The van der Waals surface area contributed by atoms with Crippen LogP contribution in [-0.2, 0) is 9.98 Å². The molecule has 0 saturated carbocycles. The molecule has 0 aliphatic rings. The quantitative estimate of drug-likeness (QED) is 0.180. The molecule has 0 aliphatic carbocycles. The zero-order valence-corrected chi connectivity index (χ0v) is 23.3. The standard InChI is InChI=1S/C26H23Cl4O3P/c1-13-11-16(26(3,4)5)12-14(2)17(13)25(32)34(33)24-21(29)19(27)18(20(28)22(24)30)23(31)15-9-7-6-8-10-15/h6-12,34H,1-5H3. The number of benzene rings is 3. The van der Waals surface area contributed by atoms with Gasteiger partial charge in [-0.25, -0.2) is 0 Å². The molecule has 3 aromatic carbocycles. The van der Waals surface area contributed by atoms with Gasteiger partial charge in [-0.3, -0.25) is 9.59 Å². The van der Waals surface area contributed by atoms with Gasteiger partial charge in [-0.1, -0.05) is 110 Å². The molecule has 0 heterocycles. The van der Waals surface area contributed by atoms with Gasteiger partial charge in [-0.15, -0.1) is 0 Å². The molecule has 0 fully saturated rings. The fourth-order valence-corrected chi connectivity index (χ4v) is 6.94. The van der Waals surface area contributed by atoms with Crippen molar-refractivity contribution >= 4 is 70.8 Å². The van der Waals surface area contributed by atoms with Crippen molar-refractivity contribution in [3.05, 3.63) is 95.9 Å². The van der Waals surface area contributed by atoms with E-state index in [1.807, 2.05) is 12.1 Å². The van der Waals surface area contributed by atoms with Crippen LogP contribution in [0.5, 0.6) is 0 Å². The lowest BCUT2D eigenvalue weighted by molar-refractivity contribution is 0.103. The normalized spacial score (nSPS) is 12.5. The van der Waals surface area contributed by atoms with Crippen molar-refractivity contribution in [2.24, 2.45) is 0 Å². The molecule has 0 saturated heterocycles. The maximum Gasteiger partial charge on any atom is 0.223 e. The predicted molar refractivity (Wildman–Crippen MR) is 144 cm³/mol. The van der Waals surface area contributed by atoms with Crippen molar-refractivity contribution < 1.29 is 14.2 Å². The number of carbonyl (C=O) groups is 2. The van der Waals surface area contributed by atoms with E-state index in [1.165, 1.54) is 0 Å². The summed E-state index contributed by atoms with van der Waals surface area (Å²) < 4.78 is 13.5. The molecule has 3 nitrogen and oxygen atoms in total. The lowest BCUT2D eigenvalue weighted by Crippen LogP contribution is -2.16. The molecule has 1 unspecified atom stereocenters. The van der Waals surface area contributed by atoms with Gasteiger partial charge in [0, 0.05) is 11.1 Å². The molecule has 0 spiro atoms. The minimum absolute atomic E-state index is 0.0996. The van der Waals surface area contributed by atoms with Crippen LogP contribution in [0.3, 0.4) is 0 Å². The van der Waals surface area contributed by atoms with Gasteiger partial charge in [0.15, 0.2) is 13.6 Å². The van der Waals surface area contributed by atoms with Crippen LogP contribution in [-0.4, -0.2) is 11.3 Å². The summed E-state index contributed by atoms with van der Waals surface area (Å²) in [5.74, 6) is -0.485. The van der Waals surface area contributed by atoms with Crippen LogP contribution in [0.15, 0.2) is 42.5 Å². The zero-order chi connectivity index (χ0) is 25.5. The Balaban J connectivity index is 2.12. The summed E-state index contributed by atoms with van der Waals surface area (Å²) in [7, 11) is -3.23. The number of carbonyl (C=O) groups excluding carboxylic acids is 2. The summed E-state index contributed by atoms with van der Waals surface area (Å²) in [6.45, 7) is 9.83. The highest BCUT2D eigenvalue weighted by Gasteiger charge is 2.31. The first-order valence-corrected chi connectivity index (χ1v) is 13.4. The summed E-state index contributed by atoms with van der Waals surface area (Å²) in [5.41, 5.74) is 2.33. The largest absolute Gasteiger partial charge is 0.313 e. The Bertz CT molecular complexity index is 1290. The van der Waals surface area contributed by atoms with Crippen molar-refractivity contribution in [2.45, 2.75) is 40.0 Å². The third kappa shape index (κ3) is 5.01. The van der Waals surface area contributed by atoms with E-state index in [9.17, 15) is 14.2 Å². The molecule has 3 aromatic rings. The molecule has 0 bridgehead atoms. The topological polar surface area (TPSA) is 51.2 Å². The minimum Gasteiger partial charge on any atom is -0.313 e. The number of aryl methyl sites for hydroxylation is 2. The van der Waals surface area contributed by atoms with Crippen molar-refractivity contribution in [2.75, 3.05) is 0 Å². The average molecular weight is 556 g/mol. The second-order valence-corrected chi connectivity index (χ2v) is 12.2. The lowest BCUT2D eigenvalue weighted by Gasteiger charge is -2.22. The van der Waals surface area contributed by atoms with Gasteiger partial charge < -0.3 is 4.57 Å². The molecule has 0 aromatic heterocycles. The molecule has 0 radical (unpaired) electrons. The van der Waals surface area contributed by atoms with Crippen LogP contribution in [0.2, 0.25) is 20.1 Å². The van der Waals surface area contributed by atoms with Crippen molar-refractivity contribution in [1.82, 2.24) is 0 Å². The van der Waals surface area contributed by atoms with Gasteiger partial charge in [0.25, 0.3) is 0 Å². The third-order valence-electron chi connectivity index (χ3n) is 5.59. The van der Waals surface area contributed by atoms with Gasteiger partial charge >= 0.3 is 0 Å². The monoisotopic (exact) mass is 554 g/mol. The number of rotatable bonds is 5. The van der Waals surface area contributed by atoms with E-state index in [0.717, 1.165) is 5.56 Å². The molecule has 0 amide bonds. The molecular weight excluding hydrogens is 533 g/mol. The molecule has 0 N–H and O–H groups in total. The molecule has 0 aliphatic heterocycles. The Morgan fingerprint density at radius 1 is 0.765 bits per heavy atom. The maximum absolute atomic E-state index is 13.5. The van der Waals surface area contributed by atoms with Crippen molar-refractivity contribution in [3.8, 4) is 0 Å². The van der Waals surface area contributed by atoms with E-state index in [0.29, 0.717) is 22.3 Å². The smallest absolute Gasteiger partial charge is 0.223 e. The first-order chi connectivity index (χ1) is 15.8. The second-order valence-electron chi connectivity index (χ2n) is 9.09. The first-order valence-electron chi connectivity index (χ1n) is 10.4. The van der Waals surface area contributed by atoms with Crippen LogP contribution < -0.4 is 5.30 Å². The fraction of sp³-hybridized carbons (Fsp3) is 0.231. The van der Waals surface area contributed by atoms with Crippen molar-refractivity contribution in [1.29, 1.82) is 0 Å². The van der Waals surface area contributed by atoms with E-state index in [2.05, 4.69) is 20.8 Å². The van der Waals surface area contributed by atoms with E-state index in [1.54, 1.807) is 44.2 Å². The molecule has 3 rings (SSSR count). The SMILES string of the molecule is Cc1cc(C(C)(C)C)cc(C)c1C(=O)[PH](=O)c1c(Cl)c(Cl)c(C(=O)c2ccccc2)c(Cl)c1Cl. The van der Waals surface area contributed by atoms with E-state index in [-0.39, 0.29) is 36.4 Å². The number of hydrogen-bond acceptors (Lipinski definition) is 3. The number of halogens is 4. The first kappa shape index (κ1) is 27.0. The van der Waals surface area contributed by atoms with E-state index < -0.39 is 19.1 Å². The Morgan fingerprint density at radius 3 is 1.68 bits per heavy atom. The molecule has 1 atom stereocenters. The highest BCUT2D eigenvalue weighted by Crippen LogP contribution is 2.44. The van der Waals surface area contributed by atoms with Gasteiger partial charge in [0.2, 0.25) is 5.52 Å². The fourth-order valence-electron chi connectivity index (χ4n) is 3.75. The van der Waals surface area contributed by atoms with Crippen LogP contribution in [0, 0.1) is 13.8 Å². The summed E-state index contributed by atoms with van der Waals surface area (Å²) in [6, 6.07) is 12.2. The molecule has 8 heteroatoms. The molecule has 178 valence electrons. The van der Waals surface area contributed by atoms with E-state index in [4.69, 9.17) is 46.4 Å². The van der Waals surface area contributed by atoms with Crippen molar-refractivity contribution in [3.63, 3.8) is 0 Å². The Morgan fingerprint density at radius 2 is 1.24 bits per heavy atom. The Kier molecular flexibility index (Phi) is 8.07. The summed E-state index contributed by atoms with van der Waals surface area (Å²) in [4.78, 5) is 26.4. The minimum atomic E-state index is -3.23. The molecular formula is C26H23Cl4O3P. The van der Waals surface area contributed by atoms with Crippen LogP contribution in [0.4, 0.5) is 0 Å². The zero-order valence-electron chi connectivity index (χ0n) is 19.3. The van der Waals surface area contributed by atoms with Gasteiger partial charge in [-0.2, -0.15) is 0 Å². The predicted octanol–water partition coefficient (Wildman–Crippen LogP) is 8.47. The average Bonchev–Trinajstić information content (AvgIpc) is 2.77. The third-order valence-corrected chi connectivity index (χ3v) is 9.22. The second kappa shape index (κ2) is 10.2. The van der Waals surface area contributed by atoms with Gasteiger partial charge in [-0.05, 0) is 36.0 Å². The number of ketones is 1. The summed E-state index contributed by atoms with van der Waals surface area (Å²) in [6.07, 6.45) is 0. The van der Waals surface area contributed by atoms with E-state index >= 15 is 0 Å². The highest BCUT2D eigenvalue weighted by molar-refractivity contribution is 7.72. The van der Waals surface area contributed by atoms with Crippen LogP contribution in [0.1, 0.15) is 63.7 Å². The molecule has 34 heavy (non-hydrogen) atoms. The van der Waals surface area contributed by atoms with Gasteiger partial charge in [0.05, 0.1) is 31.0 Å². The van der Waals surface area contributed by atoms with Crippen LogP contribution >= 0.6 is 54.2 Å². The Hall–Kier alpha value is -1.61. The van der Waals surface area contributed by atoms with Crippen LogP contribution in [0.25, 0.3) is 0 Å². The maximum atomic E-state index is 13.5. The Labute approximate surface area is 220 Å². The summed E-state index contributed by atoms with van der Waals surface area (Å²) in [5, 5.41) is -0.953. The van der Waals surface area contributed by atoms with Gasteiger partial charge in [0.1, 0.15) is 0 Å².